The maximum atomic E-state index is 13.8. The molecule has 0 aromatic heterocycles. The molecular formula is C35H57N5O5. The number of carbonyl (C=O) groups excluding carboxylic acids is 5. The molecule has 1 heterocycles. The fourth-order valence-electron chi connectivity index (χ4n) is 4.88. The lowest BCUT2D eigenvalue weighted by atomic mass is 9.85. The van der Waals surface area contributed by atoms with Crippen LogP contribution in [0.3, 0.4) is 0 Å². The van der Waals surface area contributed by atoms with Crippen LogP contribution < -0.4 is 21.7 Å². The van der Waals surface area contributed by atoms with Gasteiger partial charge in [-0.25, -0.2) is 4.79 Å². The van der Waals surface area contributed by atoms with Crippen molar-refractivity contribution in [1.82, 2.24) is 20.9 Å². The molecule has 2 aliphatic rings. The summed E-state index contributed by atoms with van der Waals surface area (Å²) in [5.41, 5.74) is 6.09. The van der Waals surface area contributed by atoms with Crippen LogP contribution in [0.25, 0.3) is 5.57 Å². The minimum absolute atomic E-state index is 0.0357. The van der Waals surface area contributed by atoms with E-state index < -0.39 is 53.1 Å². The zero-order valence-electron chi connectivity index (χ0n) is 28.9. The smallest absolute Gasteiger partial charge is 0.315 e. The molecule has 5 amide bonds. The topological polar surface area (TPSA) is 151 Å². The molecule has 0 spiro atoms. The molecule has 1 aliphatic heterocycles. The molecule has 3 rings (SSSR count). The van der Waals surface area contributed by atoms with Crippen LogP contribution in [0.5, 0.6) is 0 Å². The number of hydrogen-bond acceptors (Lipinski definition) is 5. The van der Waals surface area contributed by atoms with Crippen molar-refractivity contribution >= 4 is 35.1 Å². The second-order valence-corrected chi connectivity index (χ2v) is 13.1. The Kier molecular flexibility index (Phi) is 16.0. The summed E-state index contributed by atoms with van der Waals surface area (Å²) in [6, 6.07) is 5.86. The van der Waals surface area contributed by atoms with Crippen molar-refractivity contribution in [3.8, 4) is 0 Å². The predicted octanol–water partition coefficient (Wildman–Crippen LogP) is 4.82. The highest BCUT2D eigenvalue weighted by Gasteiger charge is 2.42. The maximum Gasteiger partial charge on any atom is 0.315 e. The van der Waals surface area contributed by atoms with E-state index in [1.807, 2.05) is 78.8 Å². The third-order valence-electron chi connectivity index (χ3n) is 7.85. The molecule has 1 saturated heterocycles. The SMILES string of the molecule is C=C(c1ccccc1)C(NC(=O)NC(C(=O)N1CCC[C@H]1C(=O)NC(CC)C(=O)C(N)=O)C(C)(C)C)C(C)C.CC.CC1CC1. The largest absolute Gasteiger partial charge is 0.363 e. The summed E-state index contributed by atoms with van der Waals surface area (Å²) in [4.78, 5) is 64.8. The van der Waals surface area contributed by atoms with E-state index in [4.69, 9.17) is 5.73 Å². The number of nitrogens with zero attached hydrogens (tertiary/aromatic N) is 1. The highest BCUT2D eigenvalue weighted by Crippen LogP contribution is 2.27. The van der Waals surface area contributed by atoms with Gasteiger partial charge in [0.1, 0.15) is 12.1 Å². The van der Waals surface area contributed by atoms with E-state index in [-0.39, 0.29) is 18.4 Å². The third kappa shape index (κ3) is 12.3. The summed E-state index contributed by atoms with van der Waals surface area (Å²) in [6.07, 6.45) is 4.14. The Morgan fingerprint density at radius 2 is 1.53 bits per heavy atom. The molecule has 4 atom stereocenters. The standard InChI is InChI=1S/C29H43N5O5.C4H8.C2H6/c1-8-20(23(35)25(30)36)31-26(37)21-15-12-16-34(21)27(38)24(29(5,6)7)33-28(39)32-22(17(2)3)18(4)19-13-10-9-11-14-19;1-4-2-3-4;1-2/h9-11,13-14,17,20-22,24H,4,8,12,15-16H2,1-3,5-7H3,(H2,30,36)(H,31,37)(H2,32,33,39);4H,2-3H2,1H3;1-2H3/t20?,21-,22?,24?;;/m0../s1. The second-order valence-electron chi connectivity index (χ2n) is 13.1. The van der Waals surface area contributed by atoms with Crippen molar-refractivity contribution in [2.24, 2.45) is 23.0 Å². The summed E-state index contributed by atoms with van der Waals surface area (Å²) >= 11 is 0. The molecule has 1 aromatic carbocycles. The molecule has 252 valence electrons. The molecule has 0 bridgehead atoms. The number of hydrogen-bond donors (Lipinski definition) is 4. The Bertz CT molecular complexity index is 1160. The first-order valence-corrected chi connectivity index (χ1v) is 16.3. The zero-order chi connectivity index (χ0) is 34.5. The van der Waals surface area contributed by atoms with Gasteiger partial charge in [0.2, 0.25) is 17.6 Å². The molecule has 1 aliphatic carbocycles. The fraction of sp³-hybridized carbons (Fsp3) is 0.629. The van der Waals surface area contributed by atoms with Crippen LogP contribution in [0, 0.1) is 17.3 Å². The maximum absolute atomic E-state index is 13.8. The van der Waals surface area contributed by atoms with E-state index >= 15 is 0 Å². The molecule has 1 aromatic rings. The molecule has 2 fully saturated rings. The van der Waals surface area contributed by atoms with Gasteiger partial charge < -0.3 is 26.6 Å². The van der Waals surface area contributed by atoms with Crippen molar-refractivity contribution in [3.63, 3.8) is 0 Å². The van der Waals surface area contributed by atoms with Crippen molar-refractivity contribution in [2.75, 3.05) is 6.54 Å². The highest BCUT2D eigenvalue weighted by atomic mass is 16.2. The lowest BCUT2D eigenvalue weighted by molar-refractivity contribution is -0.143. The fourth-order valence-corrected chi connectivity index (χ4v) is 4.88. The van der Waals surface area contributed by atoms with Gasteiger partial charge in [0.25, 0.3) is 5.91 Å². The van der Waals surface area contributed by atoms with Crippen LogP contribution in [0.4, 0.5) is 4.79 Å². The van der Waals surface area contributed by atoms with Gasteiger partial charge in [0, 0.05) is 6.54 Å². The van der Waals surface area contributed by atoms with Gasteiger partial charge in [0.15, 0.2) is 0 Å². The summed E-state index contributed by atoms with van der Waals surface area (Å²) in [7, 11) is 0. The minimum Gasteiger partial charge on any atom is -0.363 e. The summed E-state index contributed by atoms with van der Waals surface area (Å²) in [5.74, 6) is -1.82. The third-order valence-corrected chi connectivity index (χ3v) is 7.85. The lowest BCUT2D eigenvalue weighted by Crippen LogP contribution is -2.60. The van der Waals surface area contributed by atoms with Gasteiger partial charge in [-0.05, 0) is 47.6 Å². The highest BCUT2D eigenvalue weighted by molar-refractivity contribution is 6.37. The van der Waals surface area contributed by atoms with Crippen LogP contribution in [0.1, 0.15) is 100.0 Å². The number of nitrogens with one attached hydrogen (secondary N) is 3. The van der Waals surface area contributed by atoms with Gasteiger partial charge in [-0.3, -0.25) is 19.2 Å². The Morgan fingerprint density at radius 1 is 0.978 bits per heavy atom. The van der Waals surface area contributed by atoms with E-state index in [2.05, 4.69) is 29.5 Å². The first-order valence-electron chi connectivity index (χ1n) is 16.3. The van der Waals surface area contributed by atoms with Gasteiger partial charge in [-0.2, -0.15) is 0 Å². The molecule has 0 radical (unpaired) electrons. The predicted molar refractivity (Wildman–Crippen MR) is 180 cm³/mol. The van der Waals surface area contributed by atoms with Gasteiger partial charge in [-0.1, -0.05) is 112 Å². The van der Waals surface area contributed by atoms with Crippen molar-refractivity contribution in [1.29, 1.82) is 0 Å². The summed E-state index contributed by atoms with van der Waals surface area (Å²) in [5, 5.41) is 8.38. The number of rotatable bonds is 11. The molecule has 1 saturated carbocycles. The van der Waals surface area contributed by atoms with Gasteiger partial charge in [-0.15, -0.1) is 0 Å². The van der Waals surface area contributed by atoms with Crippen molar-refractivity contribution < 1.29 is 24.0 Å². The van der Waals surface area contributed by atoms with Crippen LogP contribution >= 0.6 is 0 Å². The molecule has 10 heteroatoms. The summed E-state index contributed by atoms with van der Waals surface area (Å²) < 4.78 is 0. The van der Waals surface area contributed by atoms with Crippen molar-refractivity contribution in [3.05, 3.63) is 42.5 Å². The molecular weight excluding hydrogens is 570 g/mol. The second kappa shape index (κ2) is 18.3. The number of carbonyl (C=O) groups is 5. The van der Waals surface area contributed by atoms with E-state index in [1.165, 1.54) is 17.7 Å². The van der Waals surface area contributed by atoms with Crippen molar-refractivity contribution in [2.45, 2.75) is 119 Å². The molecule has 3 unspecified atom stereocenters. The van der Waals surface area contributed by atoms with Gasteiger partial charge >= 0.3 is 6.03 Å². The molecule has 10 nitrogen and oxygen atoms in total. The number of urea groups is 1. The number of ketones is 1. The first kappa shape index (κ1) is 39.3. The lowest BCUT2D eigenvalue weighted by Gasteiger charge is -2.36. The first-order chi connectivity index (χ1) is 21.1. The van der Waals surface area contributed by atoms with Crippen LogP contribution in [-0.4, -0.2) is 65.1 Å². The van der Waals surface area contributed by atoms with E-state index in [0.29, 0.717) is 19.4 Å². The average Bonchev–Trinajstić information content (AvgIpc) is 3.62. The average molecular weight is 628 g/mol. The number of benzene rings is 1. The van der Waals surface area contributed by atoms with E-state index in [9.17, 15) is 24.0 Å². The van der Waals surface area contributed by atoms with Gasteiger partial charge in [0.05, 0.1) is 12.1 Å². The zero-order valence-corrected chi connectivity index (χ0v) is 28.9. The number of nitrogens with two attached hydrogens (primary N) is 1. The quantitative estimate of drug-likeness (QED) is 0.259. The summed E-state index contributed by atoms with van der Waals surface area (Å²) in [6.45, 7) is 21.9. The Balaban J connectivity index is 0.00000153. The van der Waals surface area contributed by atoms with E-state index in [1.54, 1.807) is 6.92 Å². The monoisotopic (exact) mass is 627 g/mol. The number of likely N-dealkylation sites (tertiary alicyclic amines) is 1. The molecule has 5 N–H and O–H groups in total. The minimum atomic E-state index is -1.13. The van der Waals surface area contributed by atoms with Crippen LogP contribution in [0.15, 0.2) is 36.9 Å². The number of Topliss-reactive ketones (excluding diaryl/α,β-unsaturated/α-hetero) is 1. The number of amides is 5. The Hall–Kier alpha value is -3.69. The number of primary amides is 1. The molecule has 45 heavy (non-hydrogen) atoms. The van der Waals surface area contributed by atoms with E-state index in [0.717, 1.165) is 17.1 Å². The Morgan fingerprint density at radius 3 is 1.98 bits per heavy atom. The van der Waals surface area contributed by atoms with Crippen LogP contribution in [0.2, 0.25) is 0 Å². The normalized spacial score (nSPS) is 17.7. The van der Waals surface area contributed by atoms with Crippen LogP contribution in [-0.2, 0) is 19.2 Å². The Labute approximate surface area is 270 Å².